The van der Waals surface area contributed by atoms with Crippen LogP contribution in [0.25, 0.3) is 0 Å². The van der Waals surface area contributed by atoms with Gasteiger partial charge in [0, 0.05) is 7.05 Å². The van der Waals surface area contributed by atoms with E-state index in [0.717, 1.165) is 0 Å². The molecule has 0 fully saturated rings. The highest BCUT2D eigenvalue weighted by molar-refractivity contribution is 6.31. The molecule has 1 unspecified atom stereocenters. The van der Waals surface area contributed by atoms with Crippen molar-refractivity contribution in [2.24, 2.45) is 12.9 Å². The van der Waals surface area contributed by atoms with Gasteiger partial charge < -0.3 is 0 Å². The predicted molar refractivity (Wildman–Crippen MR) is 68.8 cm³/mol. The van der Waals surface area contributed by atoms with Crippen molar-refractivity contribution in [3.63, 3.8) is 0 Å². The molecule has 0 spiro atoms. The summed E-state index contributed by atoms with van der Waals surface area (Å²) in [6, 6.07) is 4.01. The Bertz CT molecular complexity index is 551. The Morgan fingerprint density at radius 1 is 1.39 bits per heavy atom. The van der Waals surface area contributed by atoms with Crippen LogP contribution < -0.4 is 11.3 Å². The zero-order chi connectivity index (χ0) is 13.3. The third-order valence-corrected chi connectivity index (χ3v) is 3.25. The number of nitrogens with one attached hydrogen (secondary N) is 1. The Balaban J connectivity index is 2.48. The molecular weight excluding hydrogens is 278 g/mol. The van der Waals surface area contributed by atoms with E-state index in [2.05, 4.69) is 10.5 Å². The minimum atomic E-state index is -0.507. The fraction of sp³-hybridized carbons (Fsp3) is 0.182. The molecule has 0 aliphatic heterocycles. The average Bonchev–Trinajstić information content (AvgIpc) is 2.66. The number of hydrogen-bond acceptors (Lipinski definition) is 3. The Kier molecular flexibility index (Phi) is 3.87. The monoisotopic (exact) mass is 288 g/mol. The lowest BCUT2D eigenvalue weighted by atomic mass is 10.0. The van der Waals surface area contributed by atoms with E-state index in [9.17, 15) is 4.39 Å². The van der Waals surface area contributed by atoms with E-state index < -0.39 is 11.9 Å². The molecule has 0 radical (unpaired) electrons. The lowest BCUT2D eigenvalue weighted by Gasteiger charge is -2.17. The van der Waals surface area contributed by atoms with Gasteiger partial charge in [0.2, 0.25) is 0 Å². The summed E-state index contributed by atoms with van der Waals surface area (Å²) in [6.07, 6.45) is 1.51. The second-order valence-corrected chi connectivity index (χ2v) is 4.59. The fourth-order valence-electron chi connectivity index (χ4n) is 1.77. The number of benzene rings is 1. The average molecular weight is 289 g/mol. The molecule has 1 aromatic carbocycles. The van der Waals surface area contributed by atoms with E-state index in [1.54, 1.807) is 17.8 Å². The van der Waals surface area contributed by atoms with Crippen LogP contribution in [0.1, 0.15) is 17.3 Å². The van der Waals surface area contributed by atoms with E-state index in [1.165, 1.54) is 18.3 Å². The van der Waals surface area contributed by atoms with E-state index in [4.69, 9.17) is 29.0 Å². The van der Waals surface area contributed by atoms with E-state index >= 15 is 0 Å². The summed E-state index contributed by atoms with van der Waals surface area (Å²) in [4.78, 5) is 0. The van der Waals surface area contributed by atoms with Crippen LogP contribution in [-0.2, 0) is 7.05 Å². The van der Waals surface area contributed by atoms with Gasteiger partial charge in [0.05, 0.1) is 28.0 Å². The number of hydrogen-bond donors (Lipinski definition) is 2. The third-order valence-electron chi connectivity index (χ3n) is 2.65. The zero-order valence-electron chi connectivity index (χ0n) is 9.49. The van der Waals surface area contributed by atoms with Crippen molar-refractivity contribution in [2.75, 3.05) is 0 Å². The molecule has 4 nitrogen and oxygen atoms in total. The molecule has 2 rings (SSSR count). The molecule has 7 heteroatoms. The van der Waals surface area contributed by atoms with Crippen LogP contribution in [0, 0.1) is 5.82 Å². The maximum Gasteiger partial charge on any atom is 0.142 e. The van der Waals surface area contributed by atoms with Crippen molar-refractivity contribution < 1.29 is 4.39 Å². The Morgan fingerprint density at radius 2 is 2.11 bits per heavy atom. The van der Waals surface area contributed by atoms with Gasteiger partial charge in [-0.15, -0.1) is 0 Å². The highest BCUT2D eigenvalue weighted by Gasteiger charge is 2.20. The first-order valence-corrected chi connectivity index (χ1v) is 5.88. The van der Waals surface area contributed by atoms with Crippen LogP contribution >= 0.6 is 23.2 Å². The summed E-state index contributed by atoms with van der Waals surface area (Å²) in [5.41, 5.74) is 3.86. The van der Waals surface area contributed by atoms with Crippen molar-refractivity contribution in [3.8, 4) is 0 Å². The van der Waals surface area contributed by atoms with Gasteiger partial charge in [-0.2, -0.15) is 5.10 Å². The normalized spacial score (nSPS) is 12.7. The number of rotatable bonds is 3. The molecule has 0 aliphatic carbocycles. The molecule has 18 heavy (non-hydrogen) atoms. The minimum Gasteiger partial charge on any atom is -0.271 e. The van der Waals surface area contributed by atoms with Crippen molar-refractivity contribution in [1.82, 2.24) is 15.2 Å². The van der Waals surface area contributed by atoms with Crippen LogP contribution in [0.3, 0.4) is 0 Å². The van der Waals surface area contributed by atoms with Gasteiger partial charge >= 0.3 is 0 Å². The molecule has 0 aliphatic rings. The van der Waals surface area contributed by atoms with Gasteiger partial charge in [-0.3, -0.25) is 10.5 Å². The first-order valence-electron chi connectivity index (χ1n) is 5.13. The van der Waals surface area contributed by atoms with Crippen LogP contribution in [-0.4, -0.2) is 9.78 Å². The maximum absolute atomic E-state index is 13.5. The molecule has 0 amide bonds. The number of hydrazine groups is 1. The molecule has 96 valence electrons. The Labute approximate surface area is 113 Å². The number of nitrogens with two attached hydrogens (primary N) is 1. The van der Waals surface area contributed by atoms with Crippen LogP contribution in [0.5, 0.6) is 0 Å². The van der Waals surface area contributed by atoms with E-state index in [1.807, 2.05) is 0 Å². The molecule has 1 aromatic heterocycles. The van der Waals surface area contributed by atoms with E-state index in [-0.39, 0.29) is 5.02 Å². The van der Waals surface area contributed by atoms with Gasteiger partial charge in [0.25, 0.3) is 0 Å². The number of halogens is 3. The highest BCUT2D eigenvalue weighted by atomic mass is 35.5. The van der Waals surface area contributed by atoms with Crippen LogP contribution in [0.2, 0.25) is 10.0 Å². The lowest BCUT2D eigenvalue weighted by Crippen LogP contribution is -2.30. The summed E-state index contributed by atoms with van der Waals surface area (Å²) in [7, 11) is 1.73. The number of aryl methyl sites for hydroxylation is 1. The van der Waals surface area contributed by atoms with Crippen LogP contribution in [0.15, 0.2) is 24.4 Å². The first-order chi connectivity index (χ1) is 8.54. The second-order valence-electron chi connectivity index (χ2n) is 3.77. The largest absolute Gasteiger partial charge is 0.271 e. The van der Waals surface area contributed by atoms with Crippen LogP contribution in [0.4, 0.5) is 4.39 Å². The van der Waals surface area contributed by atoms with Gasteiger partial charge in [-0.1, -0.05) is 29.3 Å². The van der Waals surface area contributed by atoms with Gasteiger partial charge in [-0.25, -0.2) is 9.82 Å². The molecule has 0 bridgehead atoms. The van der Waals surface area contributed by atoms with Crippen molar-refractivity contribution >= 4 is 23.2 Å². The Morgan fingerprint density at radius 3 is 2.61 bits per heavy atom. The number of aromatic nitrogens is 2. The molecule has 0 saturated carbocycles. The molecule has 1 atom stereocenters. The molecule has 0 saturated heterocycles. The topological polar surface area (TPSA) is 55.9 Å². The quantitative estimate of drug-likeness (QED) is 0.674. The lowest BCUT2D eigenvalue weighted by molar-refractivity contribution is 0.567. The summed E-state index contributed by atoms with van der Waals surface area (Å²) < 4.78 is 15.0. The molecular formula is C11H11Cl2FN4. The molecule has 1 heterocycles. The minimum absolute atomic E-state index is 0.0608. The van der Waals surface area contributed by atoms with Gasteiger partial charge in [0.1, 0.15) is 5.82 Å². The summed E-state index contributed by atoms with van der Waals surface area (Å²) in [5.74, 6) is 5.01. The molecule has 2 aromatic rings. The smallest absolute Gasteiger partial charge is 0.142 e. The van der Waals surface area contributed by atoms with Gasteiger partial charge in [-0.05, 0) is 17.7 Å². The van der Waals surface area contributed by atoms with Crippen molar-refractivity contribution in [3.05, 3.63) is 51.5 Å². The fourth-order valence-corrected chi connectivity index (χ4v) is 2.16. The summed E-state index contributed by atoms with van der Waals surface area (Å²) in [6.45, 7) is 0. The number of nitrogens with zero attached hydrogens (tertiary/aromatic N) is 2. The zero-order valence-corrected chi connectivity index (χ0v) is 11.0. The van der Waals surface area contributed by atoms with Crippen molar-refractivity contribution in [2.45, 2.75) is 6.04 Å². The molecule has 3 N–H and O–H groups in total. The first kappa shape index (κ1) is 13.3. The summed E-state index contributed by atoms with van der Waals surface area (Å²) >= 11 is 11.7. The van der Waals surface area contributed by atoms with E-state index in [0.29, 0.717) is 16.3 Å². The third kappa shape index (κ3) is 2.35. The SMILES string of the molecule is Cn1ncc(Cl)c1C(NN)c1ccc(Cl)c(F)c1. The van der Waals surface area contributed by atoms with Gasteiger partial charge in [0.15, 0.2) is 0 Å². The maximum atomic E-state index is 13.5. The van der Waals surface area contributed by atoms with Crippen molar-refractivity contribution in [1.29, 1.82) is 0 Å². The second kappa shape index (κ2) is 5.24. The summed E-state index contributed by atoms with van der Waals surface area (Å²) in [5, 5.41) is 4.54. The highest BCUT2D eigenvalue weighted by Crippen LogP contribution is 2.28. The Hall–Kier alpha value is -1.14. The predicted octanol–water partition coefficient (Wildman–Crippen LogP) is 2.42. The standard InChI is InChI=1S/C11H11Cl2FN4/c1-18-11(8(13)5-16-18)10(17-15)6-2-3-7(12)9(14)4-6/h2-5,10,17H,15H2,1H3.